The molecule has 5 heteroatoms. The minimum absolute atomic E-state index is 0.0720. The highest BCUT2D eigenvalue weighted by atomic mass is 16.3. The number of aliphatic hydroxyl groups excluding tert-OH is 1. The maximum Gasteiger partial charge on any atom is 0.254 e. The molecule has 24 heavy (non-hydrogen) atoms. The number of benzene rings is 2. The Hall–Kier alpha value is -2.92. The van der Waals surface area contributed by atoms with Crippen LogP contribution in [0.1, 0.15) is 15.9 Å². The first-order valence-electron chi connectivity index (χ1n) is 7.82. The number of aromatic nitrogens is 2. The summed E-state index contributed by atoms with van der Waals surface area (Å²) in [7, 11) is 0. The quantitative estimate of drug-likeness (QED) is 0.759. The van der Waals surface area contributed by atoms with Gasteiger partial charge in [0.25, 0.3) is 5.91 Å². The van der Waals surface area contributed by atoms with Crippen molar-refractivity contribution in [3.05, 3.63) is 84.2 Å². The Balaban J connectivity index is 1.83. The average Bonchev–Trinajstić information content (AvgIpc) is 3.16. The Morgan fingerprint density at radius 1 is 1.08 bits per heavy atom. The largest absolute Gasteiger partial charge is 0.395 e. The molecule has 3 aromatic rings. The van der Waals surface area contributed by atoms with Gasteiger partial charge in [-0.05, 0) is 29.8 Å². The zero-order valence-corrected chi connectivity index (χ0v) is 13.2. The van der Waals surface area contributed by atoms with Crippen LogP contribution in [0.5, 0.6) is 0 Å². The summed E-state index contributed by atoms with van der Waals surface area (Å²) in [6, 6.07) is 18.9. The second-order valence-corrected chi connectivity index (χ2v) is 5.44. The van der Waals surface area contributed by atoms with Crippen molar-refractivity contribution in [2.24, 2.45) is 0 Å². The van der Waals surface area contributed by atoms with Crippen LogP contribution in [0.2, 0.25) is 0 Å². The van der Waals surface area contributed by atoms with Crippen LogP contribution < -0.4 is 0 Å². The first kappa shape index (κ1) is 16.0. The topological polar surface area (TPSA) is 58.4 Å². The molecule has 0 aliphatic heterocycles. The van der Waals surface area contributed by atoms with Crippen molar-refractivity contribution in [3.8, 4) is 5.69 Å². The first-order valence-corrected chi connectivity index (χ1v) is 7.82. The smallest absolute Gasteiger partial charge is 0.254 e. The van der Waals surface area contributed by atoms with E-state index < -0.39 is 0 Å². The van der Waals surface area contributed by atoms with Gasteiger partial charge in [-0.3, -0.25) is 4.79 Å². The van der Waals surface area contributed by atoms with Crippen LogP contribution in [-0.4, -0.2) is 38.8 Å². The predicted molar refractivity (Wildman–Crippen MR) is 91.8 cm³/mol. The molecule has 0 saturated carbocycles. The number of amides is 1. The van der Waals surface area contributed by atoms with E-state index in [9.17, 15) is 9.90 Å². The van der Waals surface area contributed by atoms with Gasteiger partial charge in [-0.25, -0.2) is 4.68 Å². The highest BCUT2D eigenvalue weighted by Gasteiger charge is 2.16. The summed E-state index contributed by atoms with van der Waals surface area (Å²) >= 11 is 0. The molecule has 122 valence electrons. The van der Waals surface area contributed by atoms with Crippen LogP contribution in [0.15, 0.2) is 73.1 Å². The van der Waals surface area contributed by atoms with Gasteiger partial charge in [0, 0.05) is 31.0 Å². The number of aliphatic hydroxyl groups is 1. The molecule has 1 amide bonds. The summed E-state index contributed by atoms with van der Waals surface area (Å²) in [6.45, 7) is 0.684. The standard InChI is InChI=1S/C19H19N3O2/c23-13-12-21(15-16-6-2-1-3-7-16)19(24)17-8-4-9-18(14-17)22-11-5-10-20-22/h1-11,14,23H,12-13,15H2. The number of carbonyl (C=O) groups excluding carboxylic acids is 1. The fraction of sp³-hybridized carbons (Fsp3) is 0.158. The number of nitrogens with zero attached hydrogens (tertiary/aromatic N) is 3. The molecular formula is C19H19N3O2. The molecule has 0 unspecified atom stereocenters. The second kappa shape index (κ2) is 7.57. The van der Waals surface area contributed by atoms with Gasteiger partial charge in [0.2, 0.25) is 0 Å². The summed E-state index contributed by atoms with van der Waals surface area (Å²) in [5, 5.41) is 13.5. The van der Waals surface area contributed by atoms with Crippen molar-refractivity contribution in [1.29, 1.82) is 0 Å². The van der Waals surface area contributed by atoms with Crippen molar-refractivity contribution >= 4 is 5.91 Å². The van der Waals surface area contributed by atoms with Gasteiger partial charge in [-0.2, -0.15) is 5.10 Å². The van der Waals surface area contributed by atoms with Crippen molar-refractivity contribution in [3.63, 3.8) is 0 Å². The van der Waals surface area contributed by atoms with E-state index in [-0.39, 0.29) is 12.5 Å². The lowest BCUT2D eigenvalue weighted by molar-refractivity contribution is 0.0708. The number of hydrogen-bond acceptors (Lipinski definition) is 3. The van der Waals surface area contributed by atoms with Crippen LogP contribution >= 0.6 is 0 Å². The third kappa shape index (κ3) is 3.70. The predicted octanol–water partition coefficient (Wildman–Crippen LogP) is 2.51. The molecule has 5 nitrogen and oxygen atoms in total. The SMILES string of the molecule is O=C(c1cccc(-n2cccn2)c1)N(CCO)Cc1ccccc1. The lowest BCUT2D eigenvalue weighted by Crippen LogP contribution is -2.33. The van der Waals surface area contributed by atoms with E-state index in [1.165, 1.54) is 0 Å². The van der Waals surface area contributed by atoms with Gasteiger partial charge < -0.3 is 10.0 Å². The Labute approximate surface area is 140 Å². The molecule has 3 rings (SSSR count). The van der Waals surface area contributed by atoms with Gasteiger partial charge in [0.05, 0.1) is 12.3 Å². The number of carbonyl (C=O) groups is 1. The Kier molecular flexibility index (Phi) is 5.03. The van der Waals surface area contributed by atoms with E-state index in [2.05, 4.69) is 5.10 Å². The molecule has 0 radical (unpaired) electrons. The summed E-state index contributed by atoms with van der Waals surface area (Å²) < 4.78 is 1.71. The van der Waals surface area contributed by atoms with Gasteiger partial charge in [-0.1, -0.05) is 36.4 Å². The lowest BCUT2D eigenvalue weighted by atomic mass is 10.1. The minimum Gasteiger partial charge on any atom is -0.395 e. The number of hydrogen-bond donors (Lipinski definition) is 1. The Morgan fingerprint density at radius 3 is 2.62 bits per heavy atom. The number of rotatable bonds is 6. The molecule has 0 bridgehead atoms. The van der Waals surface area contributed by atoms with E-state index in [1.807, 2.05) is 60.8 Å². The van der Waals surface area contributed by atoms with E-state index in [1.54, 1.807) is 21.8 Å². The van der Waals surface area contributed by atoms with Gasteiger partial charge in [-0.15, -0.1) is 0 Å². The second-order valence-electron chi connectivity index (χ2n) is 5.44. The maximum atomic E-state index is 12.8. The third-order valence-electron chi connectivity index (χ3n) is 3.74. The fourth-order valence-electron chi connectivity index (χ4n) is 2.56. The molecule has 2 aromatic carbocycles. The Bertz CT molecular complexity index is 785. The Morgan fingerprint density at radius 2 is 1.92 bits per heavy atom. The summed E-state index contributed by atoms with van der Waals surface area (Å²) in [4.78, 5) is 14.5. The van der Waals surface area contributed by atoms with Crippen LogP contribution in [0.4, 0.5) is 0 Å². The molecule has 0 fully saturated rings. The van der Waals surface area contributed by atoms with Crippen molar-refractivity contribution in [1.82, 2.24) is 14.7 Å². The monoisotopic (exact) mass is 321 g/mol. The molecule has 0 aliphatic rings. The van der Waals surface area contributed by atoms with E-state index in [4.69, 9.17) is 0 Å². The van der Waals surface area contributed by atoms with Gasteiger partial charge in [0.1, 0.15) is 0 Å². The van der Waals surface area contributed by atoms with Gasteiger partial charge in [0.15, 0.2) is 0 Å². The molecule has 0 aliphatic carbocycles. The van der Waals surface area contributed by atoms with E-state index >= 15 is 0 Å². The molecule has 0 atom stereocenters. The zero-order chi connectivity index (χ0) is 16.8. The van der Waals surface area contributed by atoms with Crippen molar-refractivity contribution in [2.45, 2.75) is 6.54 Å². The van der Waals surface area contributed by atoms with Crippen molar-refractivity contribution in [2.75, 3.05) is 13.2 Å². The minimum atomic E-state index is -0.109. The molecule has 0 spiro atoms. The fourth-order valence-corrected chi connectivity index (χ4v) is 2.56. The van der Waals surface area contributed by atoms with E-state index in [0.29, 0.717) is 18.7 Å². The van der Waals surface area contributed by atoms with Crippen LogP contribution in [0.3, 0.4) is 0 Å². The van der Waals surface area contributed by atoms with Crippen LogP contribution in [0.25, 0.3) is 5.69 Å². The normalized spacial score (nSPS) is 10.5. The highest BCUT2D eigenvalue weighted by molar-refractivity contribution is 5.94. The van der Waals surface area contributed by atoms with Crippen molar-refractivity contribution < 1.29 is 9.90 Å². The van der Waals surface area contributed by atoms with Gasteiger partial charge >= 0.3 is 0 Å². The van der Waals surface area contributed by atoms with Crippen LogP contribution in [-0.2, 0) is 6.54 Å². The molecule has 1 heterocycles. The first-order chi connectivity index (χ1) is 11.8. The molecule has 1 N–H and O–H groups in total. The third-order valence-corrected chi connectivity index (χ3v) is 3.74. The van der Waals surface area contributed by atoms with E-state index in [0.717, 1.165) is 11.3 Å². The maximum absolute atomic E-state index is 12.8. The molecular weight excluding hydrogens is 302 g/mol. The molecule has 1 aromatic heterocycles. The highest BCUT2D eigenvalue weighted by Crippen LogP contribution is 2.14. The summed E-state index contributed by atoms with van der Waals surface area (Å²) in [5.41, 5.74) is 2.43. The zero-order valence-electron chi connectivity index (χ0n) is 13.2. The summed E-state index contributed by atoms with van der Waals surface area (Å²) in [6.07, 6.45) is 3.53. The average molecular weight is 321 g/mol. The summed E-state index contributed by atoms with van der Waals surface area (Å²) in [5.74, 6) is -0.109. The van der Waals surface area contributed by atoms with Crippen LogP contribution in [0, 0.1) is 0 Å². The lowest BCUT2D eigenvalue weighted by Gasteiger charge is -2.22. The molecule has 0 saturated heterocycles.